The van der Waals surface area contributed by atoms with Crippen LogP contribution in [0.2, 0.25) is 0 Å². The lowest BCUT2D eigenvalue weighted by molar-refractivity contribution is -0.135. The van der Waals surface area contributed by atoms with Gasteiger partial charge in [0.05, 0.1) is 6.04 Å². The minimum absolute atomic E-state index is 0.178. The van der Waals surface area contributed by atoms with Crippen LogP contribution in [0.4, 0.5) is 4.79 Å². The Labute approximate surface area is 177 Å². The van der Waals surface area contributed by atoms with Gasteiger partial charge in [0.2, 0.25) is 5.91 Å². The molecule has 0 unspecified atom stereocenters. The van der Waals surface area contributed by atoms with Crippen molar-refractivity contribution in [1.29, 1.82) is 0 Å². The first-order chi connectivity index (χ1) is 14.2. The van der Waals surface area contributed by atoms with Gasteiger partial charge in [-0.05, 0) is 37.3 Å². The molecular formula is C24H29N3O3. The predicted molar refractivity (Wildman–Crippen MR) is 116 cm³/mol. The first kappa shape index (κ1) is 21.6. The fourth-order valence-electron chi connectivity index (χ4n) is 3.74. The Morgan fingerprint density at radius 3 is 2.30 bits per heavy atom. The first-order valence-corrected chi connectivity index (χ1v) is 10.3. The lowest BCUT2D eigenvalue weighted by Crippen LogP contribution is -2.44. The smallest absolute Gasteiger partial charge is 0.325 e. The Balaban J connectivity index is 1.73. The van der Waals surface area contributed by atoms with Gasteiger partial charge in [0.1, 0.15) is 12.1 Å². The number of rotatable bonds is 7. The zero-order valence-electron chi connectivity index (χ0n) is 17.9. The lowest BCUT2D eigenvalue weighted by atomic mass is 9.91. The predicted octanol–water partition coefficient (Wildman–Crippen LogP) is 3.67. The molecule has 0 aliphatic carbocycles. The molecule has 158 valence electrons. The number of imide groups is 1. The maximum atomic E-state index is 13.1. The van der Waals surface area contributed by atoms with Crippen LogP contribution < -0.4 is 10.6 Å². The van der Waals surface area contributed by atoms with Crippen LogP contribution in [0.25, 0.3) is 0 Å². The summed E-state index contributed by atoms with van der Waals surface area (Å²) in [5.41, 5.74) is 1.58. The summed E-state index contributed by atoms with van der Waals surface area (Å²) in [5.74, 6) is -0.412. The molecular weight excluding hydrogens is 378 g/mol. The summed E-state index contributed by atoms with van der Waals surface area (Å²) in [7, 11) is 0. The van der Waals surface area contributed by atoms with E-state index in [1.807, 2.05) is 61.5 Å². The zero-order chi connectivity index (χ0) is 21.9. The SMILES string of the molecule is Cc1ccc([C@]2(C)NC(=O)N(CC(=O)N[C@H](CC(C)C)c3ccccc3)C2=O)cc1. The number of carbonyl (C=O) groups is 3. The lowest BCUT2D eigenvalue weighted by Gasteiger charge is -2.24. The van der Waals surface area contributed by atoms with Crippen molar-refractivity contribution in [2.45, 2.75) is 45.7 Å². The van der Waals surface area contributed by atoms with Gasteiger partial charge in [0, 0.05) is 0 Å². The molecule has 2 aromatic rings. The fraction of sp³-hybridized carbons (Fsp3) is 0.375. The van der Waals surface area contributed by atoms with Gasteiger partial charge in [-0.25, -0.2) is 4.79 Å². The van der Waals surface area contributed by atoms with E-state index in [-0.39, 0.29) is 18.5 Å². The Kier molecular flexibility index (Phi) is 6.25. The van der Waals surface area contributed by atoms with Gasteiger partial charge in [0.15, 0.2) is 0 Å². The number of carbonyl (C=O) groups excluding carboxylic acids is 3. The maximum absolute atomic E-state index is 13.1. The van der Waals surface area contributed by atoms with Crippen molar-refractivity contribution in [1.82, 2.24) is 15.5 Å². The quantitative estimate of drug-likeness (QED) is 0.688. The van der Waals surface area contributed by atoms with Gasteiger partial charge < -0.3 is 10.6 Å². The number of aryl methyl sites for hydroxylation is 1. The van der Waals surface area contributed by atoms with Crippen molar-refractivity contribution >= 4 is 17.8 Å². The summed E-state index contributed by atoms with van der Waals surface area (Å²) in [6, 6.07) is 16.4. The van der Waals surface area contributed by atoms with Crippen LogP contribution >= 0.6 is 0 Å². The molecule has 1 saturated heterocycles. The second kappa shape index (κ2) is 8.69. The number of benzene rings is 2. The molecule has 2 atom stereocenters. The van der Waals surface area contributed by atoms with Crippen molar-refractivity contribution in [3.05, 3.63) is 71.3 Å². The number of amides is 4. The molecule has 0 radical (unpaired) electrons. The highest BCUT2D eigenvalue weighted by atomic mass is 16.2. The molecule has 1 aliphatic heterocycles. The van der Waals surface area contributed by atoms with E-state index in [0.717, 1.165) is 22.4 Å². The van der Waals surface area contributed by atoms with Gasteiger partial charge in [-0.3, -0.25) is 14.5 Å². The summed E-state index contributed by atoms with van der Waals surface area (Å²) in [6.45, 7) is 7.49. The monoisotopic (exact) mass is 407 g/mol. The highest BCUT2D eigenvalue weighted by molar-refractivity contribution is 6.09. The Bertz CT molecular complexity index is 924. The topological polar surface area (TPSA) is 78.5 Å². The number of urea groups is 1. The van der Waals surface area contributed by atoms with Crippen molar-refractivity contribution in [2.24, 2.45) is 5.92 Å². The summed E-state index contributed by atoms with van der Waals surface area (Å²) in [6.07, 6.45) is 0.761. The van der Waals surface area contributed by atoms with Crippen LogP contribution in [-0.2, 0) is 15.1 Å². The third-order valence-electron chi connectivity index (χ3n) is 5.45. The molecule has 1 fully saturated rings. The van der Waals surface area contributed by atoms with E-state index in [0.29, 0.717) is 11.5 Å². The molecule has 0 aromatic heterocycles. The van der Waals surface area contributed by atoms with Crippen LogP contribution in [-0.4, -0.2) is 29.3 Å². The Morgan fingerprint density at radius 2 is 1.70 bits per heavy atom. The molecule has 1 aliphatic rings. The second-order valence-corrected chi connectivity index (χ2v) is 8.47. The average molecular weight is 408 g/mol. The minimum atomic E-state index is -1.18. The van der Waals surface area contributed by atoms with E-state index in [1.165, 1.54) is 0 Å². The van der Waals surface area contributed by atoms with Gasteiger partial charge in [-0.1, -0.05) is 74.0 Å². The fourth-order valence-corrected chi connectivity index (χ4v) is 3.74. The van der Waals surface area contributed by atoms with E-state index >= 15 is 0 Å². The molecule has 4 amide bonds. The number of nitrogens with zero attached hydrogens (tertiary/aromatic N) is 1. The van der Waals surface area contributed by atoms with Crippen LogP contribution in [0.3, 0.4) is 0 Å². The van der Waals surface area contributed by atoms with E-state index in [1.54, 1.807) is 6.92 Å². The van der Waals surface area contributed by atoms with Crippen molar-refractivity contribution < 1.29 is 14.4 Å². The summed E-state index contributed by atoms with van der Waals surface area (Å²) >= 11 is 0. The van der Waals surface area contributed by atoms with Crippen LogP contribution in [0.5, 0.6) is 0 Å². The van der Waals surface area contributed by atoms with Gasteiger partial charge in [0.25, 0.3) is 5.91 Å². The zero-order valence-corrected chi connectivity index (χ0v) is 17.9. The molecule has 0 saturated carbocycles. The molecule has 6 nitrogen and oxygen atoms in total. The highest BCUT2D eigenvalue weighted by Gasteiger charge is 2.49. The van der Waals surface area contributed by atoms with Crippen molar-refractivity contribution in [3.63, 3.8) is 0 Å². The number of hydrogen-bond acceptors (Lipinski definition) is 3. The molecule has 30 heavy (non-hydrogen) atoms. The van der Waals surface area contributed by atoms with Crippen LogP contribution in [0.1, 0.15) is 49.9 Å². The maximum Gasteiger partial charge on any atom is 0.325 e. The number of nitrogens with one attached hydrogen (secondary N) is 2. The van der Waals surface area contributed by atoms with E-state index in [4.69, 9.17) is 0 Å². The standard InChI is InChI=1S/C24H29N3O3/c1-16(2)14-20(18-8-6-5-7-9-18)25-21(28)15-27-22(29)24(4,26-23(27)30)19-12-10-17(3)11-13-19/h5-13,16,20H,14-15H2,1-4H3,(H,25,28)(H,26,30)/t20-,24+/m1/s1. The van der Waals surface area contributed by atoms with Crippen LogP contribution in [0, 0.1) is 12.8 Å². The molecule has 3 rings (SSSR count). The number of hydrogen-bond donors (Lipinski definition) is 2. The molecule has 0 spiro atoms. The molecule has 6 heteroatoms. The minimum Gasteiger partial charge on any atom is -0.348 e. The van der Waals surface area contributed by atoms with Crippen molar-refractivity contribution in [2.75, 3.05) is 6.54 Å². The summed E-state index contributed by atoms with van der Waals surface area (Å²) in [5, 5.41) is 5.74. The highest BCUT2D eigenvalue weighted by Crippen LogP contribution is 2.29. The van der Waals surface area contributed by atoms with Gasteiger partial charge >= 0.3 is 6.03 Å². The normalized spacial score (nSPS) is 19.7. The van der Waals surface area contributed by atoms with Crippen LogP contribution in [0.15, 0.2) is 54.6 Å². The van der Waals surface area contributed by atoms with E-state index in [2.05, 4.69) is 24.5 Å². The molecule has 0 bridgehead atoms. The van der Waals surface area contributed by atoms with Crippen molar-refractivity contribution in [3.8, 4) is 0 Å². The molecule has 2 aromatic carbocycles. The average Bonchev–Trinajstić information content (AvgIpc) is 2.92. The summed E-state index contributed by atoms with van der Waals surface area (Å²) in [4.78, 5) is 39.3. The molecule has 1 heterocycles. The van der Waals surface area contributed by atoms with Gasteiger partial charge in [-0.15, -0.1) is 0 Å². The van der Waals surface area contributed by atoms with E-state index in [9.17, 15) is 14.4 Å². The Hall–Kier alpha value is -3.15. The third-order valence-corrected chi connectivity index (χ3v) is 5.45. The van der Waals surface area contributed by atoms with E-state index < -0.39 is 17.5 Å². The third kappa shape index (κ3) is 4.53. The summed E-state index contributed by atoms with van der Waals surface area (Å²) < 4.78 is 0. The first-order valence-electron chi connectivity index (χ1n) is 10.3. The molecule has 2 N–H and O–H groups in total. The largest absolute Gasteiger partial charge is 0.348 e. The van der Waals surface area contributed by atoms with Gasteiger partial charge in [-0.2, -0.15) is 0 Å². The second-order valence-electron chi connectivity index (χ2n) is 8.47. The Morgan fingerprint density at radius 1 is 1.07 bits per heavy atom.